The first-order chi connectivity index (χ1) is 7.56. The first-order valence-corrected chi connectivity index (χ1v) is 6.56. The zero-order valence-corrected chi connectivity index (χ0v) is 11.0. The molecule has 2 aromatic heterocycles. The molecule has 3 nitrogen and oxygen atoms in total. The molecule has 0 unspecified atom stereocenters. The fourth-order valence-corrected chi connectivity index (χ4v) is 2.87. The standard InChI is InChI=1S/C11H12N2OS2/c1-6-4-9(16-8(6)3)10(14)13-11-12-7(2)5-15-11/h4-5H,1-3H3,(H,12,13,14). The zero-order valence-electron chi connectivity index (χ0n) is 9.33. The number of carbonyl (C=O) groups is 1. The molecule has 2 aromatic rings. The monoisotopic (exact) mass is 252 g/mol. The first-order valence-electron chi connectivity index (χ1n) is 4.87. The minimum absolute atomic E-state index is 0.0736. The number of aryl methyl sites for hydroxylation is 3. The van der Waals surface area contributed by atoms with Gasteiger partial charge in [-0.05, 0) is 32.4 Å². The Bertz CT molecular complexity index is 508. The van der Waals surface area contributed by atoms with Gasteiger partial charge in [0.2, 0.25) is 0 Å². The van der Waals surface area contributed by atoms with Crippen molar-refractivity contribution in [3.05, 3.63) is 32.5 Å². The Morgan fingerprint density at radius 3 is 2.62 bits per heavy atom. The van der Waals surface area contributed by atoms with E-state index in [9.17, 15) is 4.79 Å². The van der Waals surface area contributed by atoms with Gasteiger partial charge in [-0.25, -0.2) is 4.98 Å². The van der Waals surface area contributed by atoms with Crippen LogP contribution in [0.1, 0.15) is 25.8 Å². The van der Waals surface area contributed by atoms with Gasteiger partial charge >= 0.3 is 0 Å². The second kappa shape index (κ2) is 4.35. The molecule has 0 atom stereocenters. The highest BCUT2D eigenvalue weighted by molar-refractivity contribution is 7.15. The number of thiazole rings is 1. The lowest BCUT2D eigenvalue weighted by atomic mass is 10.3. The summed E-state index contributed by atoms with van der Waals surface area (Å²) in [5.41, 5.74) is 2.09. The van der Waals surface area contributed by atoms with Gasteiger partial charge in [0.15, 0.2) is 5.13 Å². The molecule has 0 fully saturated rings. The molecule has 0 aromatic carbocycles. The van der Waals surface area contributed by atoms with Crippen molar-refractivity contribution in [2.45, 2.75) is 20.8 Å². The van der Waals surface area contributed by atoms with Gasteiger partial charge in [-0.1, -0.05) is 0 Å². The Morgan fingerprint density at radius 1 is 1.38 bits per heavy atom. The van der Waals surface area contributed by atoms with E-state index in [0.717, 1.165) is 16.1 Å². The fourth-order valence-electron chi connectivity index (χ4n) is 1.26. The number of carbonyl (C=O) groups excluding carboxylic acids is 1. The minimum Gasteiger partial charge on any atom is -0.297 e. The smallest absolute Gasteiger partial charge is 0.267 e. The van der Waals surface area contributed by atoms with Gasteiger partial charge in [-0.3, -0.25) is 10.1 Å². The Morgan fingerprint density at radius 2 is 2.12 bits per heavy atom. The van der Waals surface area contributed by atoms with Gasteiger partial charge in [-0.15, -0.1) is 22.7 Å². The van der Waals surface area contributed by atoms with Gasteiger partial charge in [0.05, 0.1) is 10.6 Å². The lowest BCUT2D eigenvalue weighted by Crippen LogP contribution is -2.09. The molecule has 5 heteroatoms. The molecule has 2 heterocycles. The molecule has 0 aliphatic rings. The normalized spacial score (nSPS) is 10.4. The zero-order chi connectivity index (χ0) is 11.7. The molecule has 1 amide bonds. The second-order valence-electron chi connectivity index (χ2n) is 3.60. The number of rotatable bonds is 2. The number of nitrogens with zero attached hydrogens (tertiary/aromatic N) is 1. The molecular formula is C11H12N2OS2. The maximum Gasteiger partial charge on any atom is 0.267 e. The van der Waals surface area contributed by atoms with Gasteiger partial charge in [0.25, 0.3) is 5.91 Å². The van der Waals surface area contributed by atoms with Crippen molar-refractivity contribution in [1.82, 2.24) is 4.98 Å². The van der Waals surface area contributed by atoms with E-state index in [0.29, 0.717) is 5.13 Å². The van der Waals surface area contributed by atoms with E-state index in [4.69, 9.17) is 0 Å². The van der Waals surface area contributed by atoms with Crippen LogP contribution < -0.4 is 5.32 Å². The van der Waals surface area contributed by atoms with Crippen molar-refractivity contribution in [1.29, 1.82) is 0 Å². The number of hydrogen-bond donors (Lipinski definition) is 1. The molecule has 0 radical (unpaired) electrons. The number of nitrogens with one attached hydrogen (secondary N) is 1. The highest BCUT2D eigenvalue weighted by Crippen LogP contribution is 2.22. The van der Waals surface area contributed by atoms with E-state index >= 15 is 0 Å². The fraction of sp³-hybridized carbons (Fsp3) is 0.273. The second-order valence-corrected chi connectivity index (χ2v) is 5.71. The SMILES string of the molecule is Cc1csc(NC(=O)c2cc(C)c(C)s2)n1. The van der Waals surface area contributed by atoms with Crippen LogP contribution in [0.4, 0.5) is 5.13 Å². The molecule has 84 valence electrons. The molecule has 1 N–H and O–H groups in total. The van der Waals surface area contributed by atoms with Crippen LogP contribution in [-0.4, -0.2) is 10.9 Å². The number of aromatic nitrogens is 1. The predicted octanol–water partition coefficient (Wildman–Crippen LogP) is 3.38. The number of anilines is 1. The van der Waals surface area contributed by atoms with Crippen LogP contribution in [0.25, 0.3) is 0 Å². The Kier molecular flexibility index (Phi) is 3.07. The van der Waals surface area contributed by atoms with Crippen LogP contribution in [0.15, 0.2) is 11.4 Å². The molecule has 0 saturated heterocycles. The molecule has 2 rings (SSSR count). The van der Waals surface area contributed by atoms with E-state index in [1.54, 1.807) is 0 Å². The average Bonchev–Trinajstić information content (AvgIpc) is 2.75. The average molecular weight is 252 g/mol. The first kappa shape index (κ1) is 11.3. The van der Waals surface area contributed by atoms with Crippen LogP contribution in [0, 0.1) is 20.8 Å². The van der Waals surface area contributed by atoms with Crippen LogP contribution >= 0.6 is 22.7 Å². The van der Waals surface area contributed by atoms with Crippen molar-refractivity contribution < 1.29 is 4.79 Å². The summed E-state index contributed by atoms with van der Waals surface area (Å²) >= 11 is 2.96. The Balaban J connectivity index is 2.14. The quantitative estimate of drug-likeness (QED) is 0.890. The Hall–Kier alpha value is -1.20. The van der Waals surface area contributed by atoms with Gasteiger partial charge in [-0.2, -0.15) is 0 Å². The van der Waals surface area contributed by atoms with E-state index < -0.39 is 0 Å². The molecular weight excluding hydrogens is 240 g/mol. The minimum atomic E-state index is -0.0736. The topological polar surface area (TPSA) is 42.0 Å². The van der Waals surface area contributed by atoms with Crippen LogP contribution in [0.5, 0.6) is 0 Å². The highest BCUT2D eigenvalue weighted by atomic mass is 32.1. The van der Waals surface area contributed by atoms with E-state index in [1.807, 2.05) is 32.2 Å². The molecule has 0 saturated carbocycles. The third-order valence-electron chi connectivity index (χ3n) is 2.23. The summed E-state index contributed by atoms with van der Waals surface area (Å²) in [6, 6.07) is 1.91. The van der Waals surface area contributed by atoms with Crippen LogP contribution in [0.3, 0.4) is 0 Å². The van der Waals surface area contributed by atoms with Crippen molar-refractivity contribution in [2.75, 3.05) is 5.32 Å². The molecule has 0 spiro atoms. The summed E-state index contributed by atoms with van der Waals surface area (Å²) in [5.74, 6) is -0.0736. The third-order valence-corrected chi connectivity index (χ3v) is 4.26. The molecule has 0 bridgehead atoms. The van der Waals surface area contributed by atoms with Crippen LogP contribution in [-0.2, 0) is 0 Å². The number of amides is 1. The van der Waals surface area contributed by atoms with Crippen molar-refractivity contribution in [3.8, 4) is 0 Å². The lowest BCUT2D eigenvalue weighted by molar-refractivity contribution is 0.103. The summed E-state index contributed by atoms with van der Waals surface area (Å²) in [6.45, 7) is 5.94. The maximum atomic E-state index is 11.9. The van der Waals surface area contributed by atoms with E-state index in [-0.39, 0.29) is 5.91 Å². The lowest BCUT2D eigenvalue weighted by Gasteiger charge is -1.97. The maximum absolute atomic E-state index is 11.9. The van der Waals surface area contributed by atoms with Crippen molar-refractivity contribution >= 4 is 33.7 Å². The van der Waals surface area contributed by atoms with E-state index in [2.05, 4.69) is 10.3 Å². The summed E-state index contributed by atoms with van der Waals surface area (Å²) in [5, 5.41) is 5.37. The summed E-state index contributed by atoms with van der Waals surface area (Å²) in [7, 11) is 0. The number of hydrogen-bond acceptors (Lipinski definition) is 4. The molecule has 16 heavy (non-hydrogen) atoms. The third kappa shape index (κ3) is 2.31. The van der Waals surface area contributed by atoms with E-state index in [1.165, 1.54) is 27.6 Å². The summed E-state index contributed by atoms with van der Waals surface area (Å²) < 4.78 is 0. The summed E-state index contributed by atoms with van der Waals surface area (Å²) in [6.07, 6.45) is 0. The van der Waals surface area contributed by atoms with Crippen LogP contribution in [0.2, 0.25) is 0 Å². The van der Waals surface area contributed by atoms with Gasteiger partial charge in [0, 0.05) is 10.3 Å². The van der Waals surface area contributed by atoms with Gasteiger partial charge in [0.1, 0.15) is 0 Å². The molecule has 0 aliphatic heterocycles. The van der Waals surface area contributed by atoms with Crippen molar-refractivity contribution in [2.24, 2.45) is 0 Å². The van der Waals surface area contributed by atoms with Gasteiger partial charge < -0.3 is 0 Å². The highest BCUT2D eigenvalue weighted by Gasteiger charge is 2.11. The Labute approximate surface area is 102 Å². The molecule has 0 aliphatic carbocycles. The predicted molar refractivity (Wildman–Crippen MR) is 68.6 cm³/mol. The number of thiophene rings is 1. The summed E-state index contributed by atoms with van der Waals surface area (Å²) in [4.78, 5) is 18.0. The van der Waals surface area contributed by atoms with Crippen molar-refractivity contribution in [3.63, 3.8) is 0 Å². The largest absolute Gasteiger partial charge is 0.297 e.